The minimum atomic E-state index is -4.15. The number of hydrogen-bond acceptors (Lipinski definition) is 6. The molecule has 0 spiro atoms. The third-order valence-electron chi connectivity index (χ3n) is 5.41. The third kappa shape index (κ3) is 6.04. The summed E-state index contributed by atoms with van der Waals surface area (Å²) in [6.45, 7) is 1.40. The molecule has 0 aliphatic rings. The molecule has 3 aromatic rings. The van der Waals surface area contributed by atoms with E-state index in [0.29, 0.717) is 11.3 Å². The minimum Gasteiger partial charge on any atom is -0.495 e. The van der Waals surface area contributed by atoms with Crippen molar-refractivity contribution in [3.8, 4) is 5.75 Å². The molecule has 0 aliphatic carbocycles. The van der Waals surface area contributed by atoms with Crippen LogP contribution in [-0.4, -0.2) is 54.8 Å². The van der Waals surface area contributed by atoms with Gasteiger partial charge in [-0.15, -0.1) is 0 Å². The molecule has 36 heavy (non-hydrogen) atoms. The molecule has 9 nitrogen and oxygen atoms in total. The summed E-state index contributed by atoms with van der Waals surface area (Å²) in [5.41, 5.74) is 1.72. The molecule has 0 fully saturated rings. The van der Waals surface area contributed by atoms with Crippen molar-refractivity contribution in [2.24, 2.45) is 0 Å². The third-order valence-corrected chi connectivity index (χ3v) is 9.03. The molecule has 192 valence electrons. The lowest BCUT2D eigenvalue weighted by Crippen LogP contribution is -2.40. The second-order valence-corrected chi connectivity index (χ2v) is 12.2. The van der Waals surface area contributed by atoms with Gasteiger partial charge in [-0.2, -0.15) is 0 Å². The van der Waals surface area contributed by atoms with Crippen molar-refractivity contribution >= 4 is 31.6 Å². The summed E-state index contributed by atoms with van der Waals surface area (Å²) in [4.78, 5) is 13.0. The van der Waals surface area contributed by atoms with Gasteiger partial charge in [0.1, 0.15) is 17.2 Å². The van der Waals surface area contributed by atoms with Gasteiger partial charge in [0.25, 0.3) is 10.0 Å². The first-order valence-electron chi connectivity index (χ1n) is 11.0. The quantitative estimate of drug-likeness (QED) is 0.431. The van der Waals surface area contributed by atoms with Gasteiger partial charge in [0.15, 0.2) is 0 Å². The Morgan fingerprint density at radius 3 is 2.11 bits per heavy atom. The van der Waals surface area contributed by atoms with Crippen LogP contribution in [0.4, 0.5) is 5.69 Å². The highest BCUT2D eigenvalue weighted by Crippen LogP contribution is 2.30. The number of anilines is 1. The van der Waals surface area contributed by atoms with Crippen molar-refractivity contribution in [3.05, 3.63) is 83.9 Å². The summed E-state index contributed by atoms with van der Waals surface area (Å²) in [7, 11) is -3.43. The fourth-order valence-corrected chi connectivity index (χ4v) is 5.96. The lowest BCUT2D eigenvalue weighted by molar-refractivity contribution is -0.119. The SMILES string of the molecule is COc1ccc(C)cc1S(=O)(=O)N(CC(=O)NCc1ccc(S(=O)(=O)N(C)C)cc1)c1ccccc1. The van der Waals surface area contributed by atoms with E-state index >= 15 is 0 Å². The highest BCUT2D eigenvalue weighted by molar-refractivity contribution is 7.93. The number of carbonyl (C=O) groups excluding carboxylic acids is 1. The standard InChI is InChI=1S/C25H29N3O6S2/c1-19-10-15-23(34-4)24(16-19)36(32,33)28(21-8-6-5-7-9-21)18-25(29)26-17-20-11-13-22(14-12-20)35(30,31)27(2)3/h5-16H,17-18H2,1-4H3,(H,26,29). The van der Waals surface area contributed by atoms with Crippen LogP contribution < -0.4 is 14.4 Å². The molecule has 0 aromatic heterocycles. The average molecular weight is 532 g/mol. The van der Waals surface area contributed by atoms with Gasteiger partial charge in [-0.3, -0.25) is 9.10 Å². The lowest BCUT2D eigenvalue weighted by atomic mass is 10.2. The van der Waals surface area contributed by atoms with E-state index in [1.54, 1.807) is 61.5 Å². The molecule has 0 saturated heterocycles. The molecule has 0 unspecified atom stereocenters. The zero-order chi connectivity index (χ0) is 26.5. The Kier molecular flexibility index (Phi) is 8.39. The van der Waals surface area contributed by atoms with E-state index in [4.69, 9.17) is 4.74 Å². The van der Waals surface area contributed by atoms with Crippen LogP contribution in [-0.2, 0) is 31.4 Å². The van der Waals surface area contributed by atoms with Crippen molar-refractivity contribution in [1.29, 1.82) is 0 Å². The zero-order valence-electron chi connectivity index (χ0n) is 20.5. The fraction of sp³-hybridized carbons (Fsp3) is 0.240. The Morgan fingerprint density at radius 1 is 0.889 bits per heavy atom. The molecule has 3 rings (SSSR count). The van der Waals surface area contributed by atoms with Gasteiger partial charge in [-0.1, -0.05) is 36.4 Å². The van der Waals surface area contributed by atoms with E-state index in [1.807, 2.05) is 0 Å². The number of benzene rings is 3. The van der Waals surface area contributed by atoms with Gasteiger partial charge >= 0.3 is 0 Å². The van der Waals surface area contributed by atoms with Crippen LogP contribution >= 0.6 is 0 Å². The maximum Gasteiger partial charge on any atom is 0.268 e. The van der Waals surface area contributed by atoms with E-state index in [2.05, 4.69) is 5.32 Å². The molecule has 3 aromatic carbocycles. The molecule has 0 bridgehead atoms. The van der Waals surface area contributed by atoms with Gasteiger partial charge in [0.2, 0.25) is 15.9 Å². The summed E-state index contributed by atoms with van der Waals surface area (Å²) in [5.74, 6) is -0.353. The van der Waals surface area contributed by atoms with Crippen molar-refractivity contribution in [1.82, 2.24) is 9.62 Å². The first kappa shape index (κ1) is 27.2. The van der Waals surface area contributed by atoms with Crippen molar-refractivity contribution in [2.45, 2.75) is 23.3 Å². The Balaban J connectivity index is 1.82. The Labute approximate surface area is 212 Å². The topological polar surface area (TPSA) is 113 Å². The fourth-order valence-electron chi connectivity index (χ4n) is 3.39. The Morgan fingerprint density at radius 2 is 1.53 bits per heavy atom. The molecule has 0 aliphatic heterocycles. The van der Waals surface area contributed by atoms with Crippen LogP contribution in [0.2, 0.25) is 0 Å². The summed E-state index contributed by atoms with van der Waals surface area (Å²) >= 11 is 0. The van der Waals surface area contributed by atoms with Crippen LogP contribution in [0.1, 0.15) is 11.1 Å². The van der Waals surface area contributed by atoms with Gasteiger partial charge in [0.05, 0.1) is 17.7 Å². The number of carbonyl (C=O) groups is 1. The Bertz CT molecular complexity index is 1420. The summed E-state index contributed by atoms with van der Waals surface area (Å²) in [6, 6.07) is 19.3. The molecular formula is C25H29N3O6S2. The second-order valence-electron chi connectivity index (χ2n) is 8.21. The predicted molar refractivity (Wildman–Crippen MR) is 138 cm³/mol. The molecule has 0 heterocycles. The maximum atomic E-state index is 13.7. The monoisotopic (exact) mass is 531 g/mol. The van der Waals surface area contributed by atoms with Crippen LogP contribution in [0, 0.1) is 6.92 Å². The predicted octanol–water partition coefficient (Wildman–Crippen LogP) is 2.77. The van der Waals surface area contributed by atoms with Crippen molar-refractivity contribution in [3.63, 3.8) is 0 Å². The smallest absolute Gasteiger partial charge is 0.268 e. The first-order valence-corrected chi connectivity index (χ1v) is 13.9. The molecule has 0 atom stereocenters. The summed E-state index contributed by atoms with van der Waals surface area (Å²) < 4.78 is 59.2. The van der Waals surface area contributed by atoms with Crippen molar-refractivity contribution in [2.75, 3.05) is 32.1 Å². The van der Waals surface area contributed by atoms with Crippen LogP contribution in [0.5, 0.6) is 5.75 Å². The highest BCUT2D eigenvalue weighted by atomic mass is 32.2. The number of sulfonamides is 2. The van der Waals surface area contributed by atoms with E-state index in [-0.39, 0.29) is 22.1 Å². The van der Waals surface area contributed by atoms with Crippen LogP contribution in [0.15, 0.2) is 82.6 Å². The Hall–Kier alpha value is -3.41. The molecular weight excluding hydrogens is 502 g/mol. The van der Waals surface area contributed by atoms with Gasteiger partial charge < -0.3 is 10.1 Å². The largest absolute Gasteiger partial charge is 0.495 e. The maximum absolute atomic E-state index is 13.7. The number of rotatable bonds is 10. The lowest BCUT2D eigenvalue weighted by Gasteiger charge is -2.25. The second kappa shape index (κ2) is 11.1. The van der Waals surface area contributed by atoms with Crippen molar-refractivity contribution < 1.29 is 26.4 Å². The molecule has 1 N–H and O–H groups in total. The van der Waals surface area contributed by atoms with Crippen LogP contribution in [0.3, 0.4) is 0 Å². The number of para-hydroxylation sites is 1. The van der Waals surface area contributed by atoms with E-state index in [9.17, 15) is 21.6 Å². The molecule has 1 amide bonds. The number of nitrogens with zero attached hydrogens (tertiary/aromatic N) is 2. The highest BCUT2D eigenvalue weighted by Gasteiger charge is 2.30. The van der Waals surface area contributed by atoms with Gasteiger partial charge in [0, 0.05) is 20.6 Å². The molecule has 0 radical (unpaired) electrons. The van der Waals surface area contributed by atoms with E-state index < -0.39 is 32.5 Å². The molecule has 0 saturated carbocycles. The normalized spacial score (nSPS) is 11.8. The number of amides is 1. The first-order chi connectivity index (χ1) is 17.0. The van der Waals surface area contributed by atoms with E-state index in [0.717, 1.165) is 14.2 Å². The van der Waals surface area contributed by atoms with Crippen LogP contribution in [0.25, 0.3) is 0 Å². The average Bonchev–Trinajstić information content (AvgIpc) is 2.86. The van der Waals surface area contributed by atoms with Gasteiger partial charge in [-0.25, -0.2) is 21.1 Å². The number of aryl methyl sites for hydroxylation is 1. The minimum absolute atomic E-state index is 0.0423. The number of nitrogens with one attached hydrogen (secondary N) is 1. The summed E-state index contributed by atoms with van der Waals surface area (Å²) in [5, 5.41) is 2.71. The number of methoxy groups -OCH3 is 1. The summed E-state index contributed by atoms with van der Waals surface area (Å²) in [6.07, 6.45) is 0. The molecule has 11 heteroatoms. The van der Waals surface area contributed by atoms with E-state index in [1.165, 1.54) is 39.4 Å². The number of hydrogen-bond donors (Lipinski definition) is 1. The van der Waals surface area contributed by atoms with Gasteiger partial charge in [-0.05, 0) is 54.4 Å². The number of ether oxygens (including phenoxy) is 1. The zero-order valence-corrected chi connectivity index (χ0v) is 22.1.